The highest BCUT2D eigenvalue weighted by atomic mass is 35.5. The van der Waals surface area contributed by atoms with Crippen LogP contribution in [0.5, 0.6) is 5.75 Å². The fourth-order valence-corrected chi connectivity index (χ4v) is 1.82. The summed E-state index contributed by atoms with van der Waals surface area (Å²) < 4.78 is 5.65. The number of aliphatic hydroxyl groups is 1. The standard InChI is InChI=1S/C14H14ClNO2/c1-10(14(17)11-4-3-7-16-9-11)18-13-6-2-5-12(15)8-13/h2-10,14,17H,1H3. The molecule has 0 bridgehead atoms. The van der Waals surface area contributed by atoms with Crippen molar-refractivity contribution in [2.45, 2.75) is 19.1 Å². The molecule has 1 heterocycles. The van der Waals surface area contributed by atoms with Gasteiger partial charge in [0.05, 0.1) is 0 Å². The number of hydrogen-bond acceptors (Lipinski definition) is 3. The van der Waals surface area contributed by atoms with E-state index in [-0.39, 0.29) is 6.10 Å². The van der Waals surface area contributed by atoms with Crippen LogP contribution >= 0.6 is 11.6 Å². The van der Waals surface area contributed by atoms with Gasteiger partial charge in [-0.2, -0.15) is 0 Å². The van der Waals surface area contributed by atoms with E-state index in [0.717, 1.165) is 5.56 Å². The van der Waals surface area contributed by atoms with Crippen LogP contribution in [0.4, 0.5) is 0 Å². The largest absolute Gasteiger partial charge is 0.488 e. The normalized spacial score (nSPS) is 13.9. The number of benzene rings is 1. The minimum absolute atomic E-state index is 0.382. The number of halogens is 1. The highest BCUT2D eigenvalue weighted by Crippen LogP contribution is 2.23. The molecular formula is C14H14ClNO2. The average molecular weight is 264 g/mol. The van der Waals surface area contributed by atoms with Gasteiger partial charge in [0.15, 0.2) is 0 Å². The summed E-state index contributed by atoms with van der Waals surface area (Å²) in [6.45, 7) is 1.80. The fraction of sp³-hybridized carbons (Fsp3) is 0.214. The fourth-order valence-electron chi connectivity index (χ4n) is 1.64. The molecule has 94 valence electrons. The van der Waals surface area contributed by atoms with Gasteiger partial charge in [0, 0.05) is 23.0 Å². The zero-order valence-corrected chi connectivity index (χ0v) is 10.7. The molecule has 18 heavy (non-hydrogen) atoms. The molecule has 0 radical (unpaired) electrons. The van der Waals surface area contributed by atoms with Crippen LogP contribution < -0.4 is 4.74 Å². The predicted octanol–water partition coefficient (Wildman–Crippen LogP) is 3.24. The third kappa shape index (κ3) is 3.22. The van der Waals surface area contributed by atoms with E-state index in [0.29, 0.717) is 10.8 Å². The third-order valence-electron chi connectivity index (χ3n) is 2.59. The van der Waals surface area contributed by atoms with Gasteiger partial charge in [0.1, 0.15) is 18.0 Å². The highest BCUT2D eigenvalue weighted by Gasteiger charge is 2.18. The van der Waals surface area contributed by atoms with Crippen LogP contribution in [-0.2, 0) is 0 Å². The first-order chi connectivity index (χ1) is 8.66. The lowest BCUT2D eigenvalue weighted by Crippen LogP contribution is -2.21. The highest BCUT2D eigenvalue weighted by molar-refractivity contribution is 6.30. The summed E-state index contributed by atoms with van der Waals surface area (Å²) >= 11 is 5.87. The number of pyridine rings is 1. The van der Waals surface area contributed by atoms with E-state index in [2.05, 4.69) is 4.98 Å². The van der Waals surface area contributed by atoms with Crippen LogP contribution in [0.2, 0.25) is 5.02 Å². The molecule has 2 aromatic rings. The molecule has 2 unspecified atom stereocenters. The quantitative estimate of drug-likeness (QED) is 0.921. The first-order valence-electron chi connectivity index (χ1n) is 5.67. The van der Waals surface area contributed by atoms with Crippen LogP contribution in [0.1, 0.15) is 18.6 Å². The molecule has 2 rings (SSSR count). The molecule has 0 aliphatic rings. The molecule has 0 saturated heterocycles. The van der Waals surface area contributed by atoms with Crippen molar-refractivity contribution < 1.29 is 9.84 Å². The monoisotopic (exact) mass is 263 g/mol. The third-order valence-corrected chi connectivity index (χ3v) is 2.82. The van der Waals surface area contributed by atoms with Gasteiger partial charge < -0.3 is 9.84 Å². The number of aliphatic hydroxyl groups excluding tert-OH is 1. The Hall–Kier alpha value is -1.58. The molecule has 0 aliphatic heterocycles. The van der Waals surface area contributed by atoms with Crippen LogP contribution in [-0.4, -0.2) is 16.2 Å². The molecule has 0 saturated carbocycles. The Morgan fingerprint density at radius 3 is 2.78 bits per heavy atom. The van der Waals surface area contributed by atoms with Gasteiger partial charge in [-0.15, -0.1) is 0 Å². The second kappa shape index (κ2) is 5.85. The maximum absolute atomic E-state index is 10.1. The minimum atomic E-state index is -0.724. The summed E-state index contributed by atoms with van der Waals surface area (Å²) in [7, 11) is 0. The molecule has 0 fully saturated rings. The molecule has 1 aromatic heterocycles. The Balaban J connectivity index is 2.06. The lowest BCUT2D eigenvalue weighted by Gasteiger charge is -2.20. The number of aromatic nitrogens is 1. The molecule has 2 atom stereocenters. The van der Waals surface area contributed by atoms with Crippen LogP contribution in [0.25, 0.3) is 0 Å². The molecule has 3 nitrogen and oxygen atoms in total. The zero-order valence-electron chi connectivity index (χ0n) is 9.95. The van der Waals surface area contributed by atoms with Crippen molar-refractivity contribution in [1.29, 1.82) is 0 Å². The maximum Gasteiger partial charge on any atom is 0.126 e. The number of hydrogen-bond donors (Lipinski definition) is 1. The summed E-state index contributed by atoms with van der Waals surface area (Å²) in [6.07, 6.45) is 2.19. The summed E-state index contributed by atoms with van der Waals surface area (Å²) in [5.74, 6) is 0.637. The summed E-state index contributed by atoms with van der Waals surface area (Å²) in [5.41, 5.74) is 0.729. The summed E-state index contributed by atoms with van der Waals surface area (Å²) in [4.78, 5) is 3.97. The van der Waals surface area contributed by atoms with E-state index < -0.39 is 6.10 Å². The molecule has 0 amide bonds. The van der Waals surface area contributed by atoms with E-state index in [1.54, 1.807) is 49.6 Å². The second-order valence-electron chi connectivity index (χ2n) is 4.01. The zero-order chi connectivity index (χ0) is 13.0. The van der Waals surface area contributed by atoms with Crippen molar-refractivity contribution in [2.24, 2.45) is 0 Å². The van der Waals surface area contributed by atoms with Crippen molar-refractivity contribution in [3.63, 3.8) is 0 Å². The van der Waals surface area contributed by atoms with E-state index in [1.165, 1.54) is 0 Å². The van der Waals surface area contributed by atoms with Crippen LogP contribution in [0.15, 0.2) is 48.8 Å². The van der Waals surface area contributed by atoms with Gasteiger partial charge in [-0.1, -0.05) is 23.7 Å². The smallest absolute Gasteiger partial charge is 0.126 e. The Bertz CT molecular complexity index is 504. The number of rotatable bonds is 4. The van der Waals surface area contributed by atoms with Crippen LogP contribution in [0.3, 0.4) is 0 Å². The molecule has 1 N–H and O–H groups in total. The first kappa shape index (κ1) is 12.9. The minimum Gasteiger partial charge on any atom is -0.488 e. The van der Waals surface area contributed by atoms with Gasteiger partial charge in [-0.3, -0.25) is 4.98 Å². The van der Waals surface area contributed by atoms with E-state index in [1.807, 2.05) is 6.07 Å². The van der Waals surface area contributed by atoms with Gasteiger partial charge in [-0.05, 0) is 31.2 Å². The Morgan fingerprint density at radius 2 is 2.11 bits per heavy atom. The van der Waals surface area contributed by atoms with Crippen LogP contribution in [0, 0.1) is 0 Å². The van der Waals surface area contributed by atoms with Crippen molar-refractivity contribution in [2.75, 3.05) is 0 Å². The Labute approximate surface area is 111 Å². The second-order valence-corrected chi connectivity index (χ2v) is 4.45. The van der Waals surface area contributed by atoms with Gasteiger partial charge >= 0.3 is 0 Å². The molecule has 4 heteroatoms. The molecule has 0 aliphatic carbocycles. The van der Waals surface area contributed by atoms with Crippen molar-refractivity contribution in [3.05, 3.63) is 59.4 Å². The van der Waals surface area contributed by atoms with Crippen molar-refractivity contribution >= 4 is 11.6 Å². The molecule has 1 aromatic carbocycles. The lowest BCUT2D eigenvalue weighted by molar-refractivity contribution is 0.0465. The van der Waals surface area contributed by atoms with Crippen molar-refractivity contribution in [3.8, 4) is 5.75 Å². The van der Waals surface area contributed by atoms with E-state index in [4.69, 9.17) is 16.3 Å². The van der Waals surface area contributed by atoms with E-state index in [9.17, 15) is 5.11 Å². The molecular weight excluding hydrogens is 250 g/mol. The SMILES string of the molecule is CC(Oc1cccc(Cl)c1)C(O)c1cccnc1. The maximum atomic E-state index is 10.1. The predicted molar refractivity (Wildman–Crippen MR) is 70.7 cm³/mol. The number of nitrogens with zero attached hydrogens (tertiary/aromatic N) is 1. The summed E-state index contributed by atoms with van der Waals surface area (Å²) in [5, 5.41) is 10.7. The molecule has 0 spiro atoms. The van der Waals surface area contributed by atoms with E-state index >= 15 is 0 Å². The Morgan fingerprint density at radius 1 is 1.28 bits per heavy atom. The van der Waals surface area contributed by atoms with Gasteiger partial charge in [0.2, 0.25) is 0 Å². The number of ether oxygens (including phenoxy) is 1. The first-order valence-corrected chi connectivity index (χ1v) is 6.05. The van der Waals surface area contributed by atoms with Crippen molar-refractivity contribution in [1.82, 2.24) is 4.98 Å². The Kier molecular flexibility index (Phi) is 4.18. The van der Waals surface area contributed by atoms with Gasteiger partial charge in [0.25, 0.3) is 0 Å². The summed E-state index contributed by atoms with van der Waals surface area (Å²) in [6, 6.07) is 10.7. The van der Waals surface area contributed by atoms with Gasteiger partial charge in [-0.25, -0.2) is 0 Å². The average Bonchev–Trinajstić information content (AvgIpc) is 2.39. The topological polar surface area (TPSA) is 42.4 Å². The lowest BCUT2D eigenvalue weighted by atomic mass is 10.1.